The first-order valence-corrected chi connectivity index (χ1v) is 7.65. The summed E-state index contributed by atoms with van der Waals surface area (Å²) < 4.78 is 6.35. The van der Waals surface area contributed by atoms with Gasteiger partial charge in [0.25, 0.3) is 0 Å². The molecule has 1 aliphatic carbocycles. The molecule has 2 rings (SSSR count). The van der Waals surface area contributed by atoms with E-state index in [2.05, 4.69) is 22.6 Å². The van der Waals surface area contributed by atoms with Crippen molar-refractivity contribution in [2.75, 3.05) is 7.11 Å². The minimum atomic E-state index is 0.220. The van der Waals surface area contributed by atoms with Crippen molar-refractivity contribution in [1.29, 1.82) is 0 Å². The lowest BCUT2D eigenvalue weighted by Gasteiger charge is -2.10. The van der Waals surface area contributed by atoms with Crippen LogP contribution in [-0.2, 0) is 0 Å². The number of benzene rings is 1. The quantitative estimate of drug-likeness (QED) is 0.574. The van der Waals surface area contributed by atoms with Crippen LogP contribution in [0.15, 0.2) is 18.2 Å². The van der Waals surface area contributed by atoms with Gasteiger partial charge in [-0.15, -0.1) is 0 Å². The Morgan fingerprint density at radius 3 is 2.78 bits per heavy atom. The van der Waals surface area contributed by atoms with Gasteiger partial charge in [0.15, 0.2) is 5.78 Å². The van der Waals surface area contributed by atoms with Crippen LogP contribution >= 0.6 is 22.6 Å². The summed E-state index contributed by atoms with van der Waals surface area (Å²) in [4.78, 5) is 12.2. The zero-order chi connectivity index (χ0) is 13.0. The molecule has 0 heterocycles. The first kappa shape index (κ1) is 13.8. The van der Waals surface area contributed by atoms with Gasteiger partial charge < -0.3 is 4.74 Å². The molecule has 1 aliphatic rings. The Hall–Kier alpha value is -0.580. The molecule has 0 N–H and O–H groups in total. The Morgan fingerprint density at radius 2 is 2.11 bits per heavy atom. The molecule has 0 saturated heterocycles. The van der Waals surface area contributed by atoms with Gasteiger partial charge in [0.05, 0.1) is 12.7 Å². The molecule has 0 atom stereocenters. The molecular weight excluding hydrogens is 339 g/mol. The summed E-state index contributed by atoms with van der Waals surface area (Å²) >= 11 is 2.23. The molecule has 18 heavy (non-hydrogen) atoms. The Balaban J connectivity index is 2.00. The molecule has 98 valence electrons. The Bertz CT molecular complexity index is 423. The predicted molar refractivity (Wildman–Crippen MR) is 81.2 cm³/mol. The van der Waals surface area contributed by atoms with E-state index in [1.807, 2.05) is 18.2 Å². The summed E-state index contributed by atoms with van der Waals surface area (Å²) in [6.07, 6.45) is 6.97. The van der Waals surface area contributed by atoms with Crippen LogP contribution in [0.1, 0.15) is 48.9 Å². The topological polar surface area (TPSA) is 26.3 Å². The number of ketones is 1. The number of hydrogen-bond donors (Lipinski definition) is 0. The average molecular weight is 358 g/mol. The molecule has 0 bridgehead atoms. The normalized spacial score (nSPS) is 15.9. The zero-order valence-electron chi connectivity index (χ0n) is 10.7. The van der Waals surface area contributed by atoms with Crippen molar-refractivity contribution < 1.29 is 9.53 Å². The average Bonchev–Trinajstić information content (AvgIpc) is 2.89. The summed E-state index contributed by atoms with van der Waals surface area (Å²) in [7, 11) is 1.62. The fraction of sp³-hybridized carbons (Fsp3) is 0.533. The highest BCUT2D eigenvalue weighted by Crippen LogP contribution is 2.30. The van der Waals surface area contributed by atoms with E-state index in [-0.39, 0.29) is 5.78 Å². The van der Waals surface area contributed by atoms with Gasteiger partial charge in [-0.3, -0.25) is 4.79 Å². The van der Waals surface area contributed by atoms with Gasteiger partial charge in [-0.05, 0) is 53.1 Å². The van der Waals surface area contributed by atoms with Gasteiger partial charge in [0.1, 0.15) is 5.75 Å². The van der Waals surface area contributed by atoms with E-state index in [0.29, 0.717) is 12.2 Å². The van der Waals surface area contributed by atoms with Crippen molar-refractivity contribution in [1.82, 2.24) is 0 Å². The monoisotopic (exact) mass is 358 g/mol. The molecule has 1 aromatic carbocycles. The van der Waals surface area contributed by atoms with Crippen LogP contribution in [0.2, 0.25) is 0 Å². The smallest absolute Gasteiger partial charge is 0.166 e. The van der Waals surface area contributed by atoms with Gasteiger partial charge >= 0.3 is 0 Å². The summed E-state index contributed by atoms with van der Waals surface area (Å²) in [6.45, 7) is 0. The van der Waals surface area contributed by atoms with Crippen LogP contribution in [0, 0.1) is 9.49 Å². The van der Waals surface area contributed by atoms with Gasteiger partial charge in [0.2, 0.25) is 0 Å². The lowest BCUT2D eigenvalue weighted by molar-refractivity contribution is 0.0971. The third-order valence-corrected chi connectivity index (χ3v) is 4.39. The molecule has 0 aliphatic heterocycles. The SMILES string of the molecule is COc1ccc(I)cc1C(=O)CCC1CCCC1. The maximum atomic E-state index is 12.2. The highest BCUT2D eigenvalue weighted by atomic mass is 127. The van der Waals surface area contributed by atoms with E-state index in [4.69, 9.17) is 4.74 Å². The zero-order valence-corrected chi connectivity index (χ0v) is 12.9. The van der Waals surface area contributed by atoms with Crippen molar-refractivity contribution in [2.45, 2.75) is 38.5 Å². The number of carbonyl (C=O) groups excluding carboxylic acids is 1. The molecule has 1 aromatic rings. The second kappa shape index (κ2) is 6.55. The maximum Gasteiger partial charge on any atom is 0.166 e. The first-order valence-electron chi connectivity index (χ1n) is 6.57. The van der Waals surface area contributed by atoms with E-state index in [9.17, 15) is 4.79 Å². The number of rotatable bonds is 5. The highest BCUT2D eigenvalue weighted by Gasteiger charge is 2.18. The van der Waals surface area contributed by atoms with Gasteiger partial charge in [-0.2, -0.15) is 0 Å². The van der Waals surface area contributed by atoms with Crippen molar-refractivity contribution in [2.24, 2.45) is 5.92 Å². The second-order valence-corrected chi connectivity index (χ2v) is 6.20. The molecular formula is C15H19IO2. The van der Waals surface area contributed by atoms with Crippen LogP contribution in [0.3, 0.4) is 0 Å². The van der Waals surface area contributed by atoms with Crippen molar-refractivity contribution in [3.63, 3.8) is 0 Å². The molecule has 0 spiro atoms. The van der Waals surface area contributed by atoms with E-state index >= 15 is 0 Å². The van der Waals surface area contributed by atoms with Crippen LogP contribution in [-0.4, -0.2) is 12.9 Å². The highest BCUT2D eigenvalue weighted by molar-refractivity contribution is 14.1. The summed E-state index contributed by atoms with van der Waals surface area (Å²) in [5.74, 6) is 1.69. The van der Waals surface area contributed by atoms with Gasteiger partial charge in [-0.25, -0.2) is 0 Å². The molecule has 0 unspecified atom stereocenters. The molecule has 3 heteroatoms. The van der Waals surface area contributed by atoms with E-state index in [0.717, 1.165) is 21.5 Å². The summed E-state index contributed by atoms with van der Waals surface area (Å²) in [6, 6.07) is 5.77. The van der Waals surface area contributed by atoms with Crippen LogP contribution < -0.4 is 4.74 Å². The second-order valence-electron chi connectivity index (χ2n) is 4.96. The molecule has 1 fully saturated rings. The van der Waals surface area contributed by atoms with E-state index in [1.165, 1.54) is 25.7 Å². The molecule has 0 radical (unpaired) electrons. The molecule has 0 amide bonds. The first-order chi connectivity index (χ1) is 8.70. The van der Waals surface area contributed by atoms with Gasteiger partial charge in [0, 0.05) is 9.99 Å². The van der Waals surface area contributed by atoms with Crippen LogP contribution in [0.25, 0.3) is 0 Å². The number of carbonyl (C=O) groups is 1. The summed E-state index contributed by atoms with van der Waals surface area (Å²) in [5, 5.41) is 0. The fourth-order valence-corrected chi connectivity index (χ4v) is 3.16. The van der Waals surface area contributed by atoms with Gasteiger partial charge in [-0.1, -0.05) is 25.7 Å². The minimum Gasteiger partial charge on any atom is -0.496 e. The van der Waals surface area contributed by atoms with E-state index < -0.39 is 0 Å². The largest absolute Gasteiger partial charge is 0.496 e. The van der Waals surface area contributed by atoms with Crippen molar-refractivity contribution >= 4 is 28.4 Å². The van der Waals surface area contributed by atoms with Crippen LogP contribution in [0.4, 0.5) is 0 Å². The number of ether oxygens (including phenoxy) is 1. The summed E-state index contributed by atoms with van der Waals surface area (Å²) in [5.41, 5.74) is 0.738. The fourth-order valence-electron chi connectivity index (χ4n) is 2.67. The maximum absolute atomic E-state index is 12.2. The number of Topliss-reactive ketones (excluding diaryl/α,β-unsaturated/α-hetero) is 1. The molecule has 0 aromatic heterocycles. The van der Waals surface area contributed by atoms with Crippen molar-refractivity contribution in [3.05, 3.63) is 27.3 Å². The number of hydrogen-bond acceptors (Lipinski definition) is 2. The van der Waals surface area contributed by atoms with Crippen LogP contribution in [0.5, 0.6) is 5.75 Å². The third kappa shape index (κ3) is 3.46. The minimum absolute atomic E-state index is 0.220. The standard InChI is InChI=1S/C15H19IO2/c1-18-15-9-7-12(16)10-13(15)14(17)8-6-11-4-2-3-5-11/h7,9-11H,2-6,8H2,1H3. The molecule has 2 nitrogen and oxygen atoms in total. The lowest BCUT2D eigenvalue weighted by atomic mass is 9.97. The predicted octanol–water partition coefficient (Wildman–Crippen LogP) is 4.45. The van der Waals surface area contributed by atoms with Crippen molar-refractivity contribution in [3.8, 4) is 5.75 Å². The Morgan fingerprint density at radius 1 is 1.39 bits per heavy atom. The van der Waals surface area contributed by atoms with E-state index in [1.54, 1.807) is 7.11 Å². The molecule has 1 saturated carbocycles. The number of halogens is 1. The number of methoxy groups -OCH3 is 1. The Labute approximate surface area is 122 Å². The lowest BCUT2D eigenvalue weighted by Crippen LogP contribution is -2.05. The third-order valence-electron chi connectivity index (χ3n) is 3.72. The Kier molecular flexibility index (Phi) is 5.03.